The number of rotatable bonds is 4. The van der Waals surface area contributed by atoms with Crippen molar-refractivity contribution in [2.75, 3.05) is 5.32 Å². The van der Waals surface area contributed by atoms with E-state index in [-0.39, 0.29) is 0 Å². The first kappa shape index (κ1) is 14.6. The third-order valence-electron chi connectivity index (χ3n) is 2.41. The SMILES string of the molecule is CCCc1nc(Cl)cc(Nc2ccc(Cl)c(Br)c2)n1. The highest BCUT2D eigenvalue weighted by Gasteiger charge is 2.04. The Labute approximate surface area is 130 Å². The lowest BCUT2D eigenvalue weighted by molar-refractivity contribution is 0.837. The molecule has 1 aromatic heterocycles. The molecule has 19 heavy (non-hydrogen) atoms. The molecule has 0 radical (unpaired) electrons. The van der Waals surface area contributed by atoms with Gasteiger partial charge < -0.3 is 5.32 Å². The molecule has 100 valence electrons. The summed E-state index contributed by atoms with van der Waals surface area (Å²) < 4.78 is 0.827. The summed E-state index contributed by atoms with van der Waals surface area (Å²) in [5.41, 5.74) is 0.883. The predicted octanol–water partition coefficient (Wildman–Crippen LogP) is 5.24. The molecule has 0 atom stereocenters. The van der Waals surface area contributed by atoms with Gasteiger partial charge in [0.1, 0.15) is 16.8 Å². The van der Waals surface area contributed by atoms with Crippen molar-refractivity contribution in [3.63, 3.8) is 0 Å². The molecule has 0 aliphatic rings. The maximum Gasteiger partial charge on any atom is 0.135 e. The van der Waals surface area contributed by atoms with Gasteiger partial charge in [-0.25, -0.2) is 9.97 Å². The lowest BCUT2D eigenvalue weighted by Crippen LogP contribution is -2.00. The van der Waals surface area contributed by atoms with Crippen molar-refractivity contribution < 1.29 is 0 Å². The van der Waals surface area contributed by atoms with Gasteiger partial charge >= 0.3 is 0 Å². The van der Waals surface area contributed by atoms with Crippen LogP contribution in [0.25, 0.3) is 0 Å². The molecule has 1 N–H and O–H groups in total. The van der Waals surface area contributed by atoms with E-state index in [0.29, 0.717) is 16.0 Å². The van der Waals surface area contributed by atoms with Gasteiger partial charge in [0, 0.05) is 22.6 Å². The second-order valence-corrected chi connectivity index (χ2v) is 5.64. The van der Waals surface area contributed by atoms with E-state index < -0.39 is 0 Å². The third-order valence-corrected chi connectivity index (χ3v) is 3.81. The van der Waals surface area contributed by atoms with E-state index in [4.69, 9.17) is 23.2 Å². The molecule has 2 aromatic rings. The van der Waals surface area contributed by atoms with Gasteiger partial charge in [-0.2, -0.15) is 0 Å². The van der Waals surface area contributed by atoms with Crippen LogP contribution in [0.15, 0.2) is 28.7 Å². The van der Waals surface area contributed by atoms with Crippen LogP contribution in [-0.4, -0.2) is 9.97 Å². The molecule has 0 spiro atoms. The fourth-order valence-electron chi connectivity index (χ4n) is 1.59. The number of nitrogens with zero attached hydrogens (tertiary/aromatic N) is 2. The molecule has 0 amide bonds. The highest BCUT2D eigenvalue weighted by molar-refractivity contribution is 9.10. The van der Waals surface area contributed by atoms with E-state index in [9.17, 15) is 0 Å². The van der Waals surface area contributed by atoms with E-state index in [1.54, 1.807) is 6.07 Å². The molecule has 0 bridgehead atoms. The molecule has 6 heteroatoms. The zero-order valence-electron chi connectivity index (χ0n) is 10.3. The van der Waals surface area contributed by atoms with Crippen molar-refractivity contribution in [3.8, 4) is 0 Å². The van der Waals surface area contributed by atoms with Crippen molar-refractivity contribution in [2.24, 2.45) is 0 Å². The monoisotopic (exact) mass is 359 g/mol. The number of hydrogen-bond acceptors (Lipinski definition) is 3. The number of anilines is 2. The maximum atomic E-state index is 5.99. The van der Waals surface area contributed by atoms with Crippen LogP contribution >= 0.6 is 39.1 Å². The summed E-state index contributed by atoms with van der Waals surface area (Å²) in [5, 5.41) is 4.29. The average Bonchev–Trinajstić information content (AvgIpc) is 2.33. The van der Waals surface area contributed by atoms with Gasteiger partial charge in [-0.15, -0.1) is 0 Å². The first-order valence-corrected chi connectivity index (χ1v) is 7.39. The number of aromatic nitrogens is 2. The molecule has 0 unspecified atom stereocenters. The molecular formula is C13H12BrCl2N3. The first-order chi connectivity index (χ1) is 9.08. The summed E-state index contributed by atoms with van der Waals surface area (Å²) in [7, 11) is 0. The van der Waals surface area contributed by atoms with Crippen LogP contribution < -0.4 is 5.32 Å². The van der Waals surface area contributed by atoms with Crippen molar-refractivity contribution in [3.05, 3.63) is 44.7 Å². The molecule has 0 aliphatic heterocycles. The van der Waals surface area contributed by atoms with Crippen LogP contribution in [0.3, 0.4) is 0 Å². The van der Waals surface area contributed by atoms with Crippen LogP contribution in [0.5, 0.6) is 0 Å². The van der Waals surface area contributed by atoms with Crippen LogP contribution in [0, 0.1) is 0 Å². The Morgan fingerprint density at radius 1 is 1.21 bits per heavy atom. The Balaban J connectivity index is 2.24. The predicted molar refractivity (Wildman–Crippen MR) is 83.5 cm³/mol. The molecular weight excluding hydrogens is 349 g/mol. The topological polar surface area (TPSA) is 37.8 Å². The number of aryl methyl sites for hydroxylation is 1. The molecule has 0 fully saturated rings. The minimum Gasteiger partial charge on any atom is -0.340 e. The first-order valence-electron chi connectivity index (χ1n) is 5.84. The Morgan fingerprint density at radius 3 is 2.68 bits per heavy atom. The largest absolute Gasteiger partial charge is 0.340 e. The minimum absolute atomic E-state index is 0.439. The second-order valence-electron chi connectivity index (χ2n) is 4.00. The molecule has 1 aromatic carbocycles. The molecule has 3 nitrogen and oxygen atoms in total. The summed E-state index contributed by atoms with van der Waals surface area (Å²) in [6.07, 6.45) is 1.78. The summed E-state index contributed by atoms with van der Waals surface area (Å²) >= 11 is 15.3. The van der Waals surface area contributed by atoms with Crippen molar-refractivity contribution in [1.29, 1.82) is 0 Å². The summed E-state index contributed by atoms with van der Waals surface area (Å²) in [6.45, 7) is 2.08. The van der Waals surface area contributed by atoms with E-state index in [1.807, 2.05) is 18.2 Å². The maximum absolute atomic E-state index is 5.99. The fraction of sp³-hybridized carbons (Fsp3) is 0.231. The van der Waals surface area contributed by atoms with Crippen LogP contribution in [0.1, 0.15) is 19.2 Å². The van der Waals surface area contributed by atoms with E-state index in [0.717, 1.165) is 28.8 Å². The zero-order valence-corrected chi connectivity index (χ0v) is 13.3. The van der Waals surface area contributed by atoms with Gasteiger partial charge in [-0.3, -0.25) is 0 Å². The molecule has 0 saturated carbocycles. The molecule has 0 saturated heterocycles. The lowest BCUT2D eigenvalue weighted by atomic mass is 10.3. The van der Waals surface area contributed by atoms with E-state index in [1.165, 1.54) is 0 Å². The van der Waals surface area contributed by atoms with Crippen molar-refractivity contribution >= 4 is 50.6 Å². The lowest BCUT2D eigenvalue weighted by Gasteiger charge is -2.08. The average molecular weight is 361 g/mol. The summed E-state index contributed by atoms with van der Waals surface area (Å²) in [4.78, 5) is 8.60. The van der Waals surface area contributed by atoms with Gasteiger partial charge in [0.15, 0.2) is 0 Å². The number of benzene rings is 1. The van der Waals surface area contributed by atoms with Crippen LogP contribution in [0.2, 0.25) is 10.2 Å². The van der Waals surface area contributed by atoms with Gasteiger partial charge in [-0.1, -0.05) is 30.1 Å². The Morgan fingerprint density at radius 2 is 2.00 bits per heavy atom. The number of hydrogen-bond donors (Lipinski definition) is 1. The third kappa shape index (κ3) is 4.06. The standard InChI is InChI=1S/C13H12BrCl2N3/c1-2-3-12-18-11(16)7-13(19-12)17-8-4-5-10(15)9(14)6-8/h4-7H,2-3H2,1H3,(H,17,18,19). The number of nitrogens with one attached hydrogen (secondary N) is 1. The van der Waals surface area contributed by atoms with Gasteiger partial charge in [-0.05, 0) is 40.5 Å². The molecule has 0 aliphatic carbocycles. The van der Waals surface area contributed by atoms with Crippen LogP contribution in [-0.2, 0) is 6.42 Å². The molecule has 2 rings (SSSR count). The van der Waals surface area contributed by atoms with Crippen LogP contribution in [0.4, 0.5) is 11.5 Å². The summed E-state index contributed by atoms with van der Waals surface area (Å²) in [6, 6.07) is 7.27. The van der Waals surface area contributed by atoms with Gasteiger partial charge in [0.25, 0.3) is 0 Å². The second kappa shape index (κ2) is 6.55. The Bertz CT molecular complexity index is 590. The van der Waals surface area contributed by atoms with E-state index in [2.05, 4.69) is 38.1 Å². The highest BCUT2D eigenvalue weighted by Crippen LogP contribution is 2.27. The molecule has 1 heterocycles. The highest BCUT2D eigenvalue weighted by atomic mass is 79.9. The fourth-order valence-corrected chi connectivity index (χ4v) is 2.28. The van der Waals surface area contributed by atoms with Crippen molar-refractivity contribution in [1.82, 2.24) is 9.97 Å². The van der Waals surface area contributed by atoms with Gasteiger partial charge in [0.05, 0.1) is 5.02 Å². The number of halogens is 3. The normalized spacial score (nSPS) is 10.5. The quantitative estimate of drug-likeness (QED) is 0.757. The Kier molecular flexibility index (Phi) is 5.02. The smallest absolute Gasteiger partial charge is 0.135 e. The van der Waals surface area contributed by atoms with E-state index >= 15 is 0 Å². The van der Waals surface area contributed by atoms with Gasteiger partial charge in [0.2, 0.25) is 0 Å². The minimum atomic E-state index is 0.439. The Hall–Kier alpha value is -0.840. The summed E-state index contributed by atoms with van der Waals surface area (Å²) in [5.74, 6) is 1.42. The van der Waals surface area contributed by atoms with Crippen molar-refractivity contribution in [2.45, 2.75) is 19.8 Å². The zero-order chi connectivity index (χ0) is 13.8.